The summed E-state index contributed by atoms with van der Waals surface area (Å²) in [6.45, 7) is 3.26. The molecule has 2 rings (SSSR count). The fourth-order valence-corrected chi connectivity index (χ4v) is 1.92. The lowest BCUT2D eigenvalue weighted by atomic mass is 9.97. The van der Waals surface area contributed by atoms with E-state index in [9.17, 15) is 9.18 Å². The molecule has 0 radical (unpaired) electrons. The van der Waals surface area contributed by atoms with Crippen LogP contribution in [0.3, 0.4) is 0 Å². The van der Waals surface area contributed by atoms with Crippen molar-refractivity contribution in [3.8, 4) is 5.75 Å². The van der Waals surface area contributed by atoms with Crippen molar-refractivity contribution in [2.75, 3.05) is 6.67 Å². The maximum atomic E-state index is 12.8. The Morgan fingerprint density at radius 2 is 2.22 bits per heavy atom. The molecule has 0 fully saturated rings. The summed E-state index contributed by atoms with van der Waals surface area (Å²) in [6.07, 6.45) is 0.465. The monoisotopic (exact) mass is 250 g/mol. The minimum absolute atomic E-state index is 0.0395. The lowest BCUT2D eigenvalue weighted by Gasteiger charge is -2.24. The van der Waals surface area contributed by atoms with Crippen LogP contribution in [-0.4, -0.2) is 23.9 Å². The number of carboxylic acids is 1. The Hall–Kier alpha value is -1.84. The van der Waals surface area contributed by atoms with E-state index in [-0.39, 0.29) is 5.57 Å². The smallest absolute Gasteiger partial charge is 0.335 e. The van der Waals surface area contributed by atoms with E-state index in [4.69, 9.17) is 9.84 Å². The first-order valence-corrected chi connectivity index (χ1v) is 5.84. The highest BCUT2D eigenvalue weighted by molar-refractivity contribution is 5.94. The Balaban J connectivity index is 2.45. The summed E-state index contributed by atoms with van der Waals surface area (Å²) >= 11 is 0. The van der Waals surface area contributed by atoms with E-state index in [1.54, 1.807) is 0 Å². The van der Waals surface area contributed by atoms with Gasteiger partial charge in [0, 0.05) is 5.56 Å². The fraction of sp³-hybridized carbons (Fsp3) is 0.357. The second-order valence-corrected chi connectivity index (χ2v) is 4.62. The zero-order chi connectivity index (χ0) is 13.3. The predicted molar refractivity (Wildman–Crippen MR) is 66.5 cm³/mol. The van der Waals surface area contributed by atoms with Crippen molar-refractivity contribution >= 4 is 12.0 Å². The number of rotatable bonds is 3. The molecule has 1 aliphatic heterocycles. The minimum atomic E-state index is -1.14. The first-order chi connectivity index (χ1) is 8.52. The summed E-state index contributed by atoms with van der Waals surface area (Å²) in [5.41, 5.74) is 1.72. The van der Waals surface area contributed by atoms with Crippen LogP contribution in [0.15, 0.2) is 23.8 Å². The summed E-state index contributed by atoms with van der Waals surface area (Å²) in [5.74, 6) is -0.252. The van der Waals surface area contributed by atoms with Gasteiger partial charge in [0.25, 0.3) is 0 Å². The Labute approximate surface area is 105 Å². The second-order valence-electron chi connectivity index (χ2n) is 4.62. The minimum Gasteiger partial charge on any atom is -0.482 e. The van der Waals surface area contributed by atoms with Gasteiger partial charge in [-0.1, -0.05) is 26.0 Å². The van der Waals surface area contributed by atoms with Crippen molar-refractivity contribution in [1.82, 2.24) is 0 Å². The Morgan fingerprint density at radius 1 is 1.50 bits per heavy atom. The molecule has 0 bridgehead atoms. The summed E-state index contributed by atoms with van der Waals surface area (Å²) < 4.78 is 18.2. The van der Waals surface area contributed by atoms with E-state index in [0.717, 1.165) is 5.56 Å². The zero-order valence-corrected chi connectivity index (χ0v) is 10.3. The lowest BCUT2D eigenvalue weighted by Crippen LogP contribution is -2.29. The van der Waals surface area contributed by atoms with E-state index in [2.05, 4.69) is 13.8 Å². The van der Waals surface area contributed by atoms with Gasteiger partial charge >= 0.3 is 5.97 Å². The number of halogens is 1. The average molecular weight is 250 g/mol. The van der Waals surface area contributed by atoms with Crippen LogP contribution in [0.2, 0.25) is 0 Å². The number of ether oxygens (including phenoxy) is 1. The van der Waals surface area contributed by atoms with Crippen molar-refractivity contribution in [3.63, 3.8) is 0 Å². The van der Waals surface area contributed by atoms with E-state index in [0.29, 0.717) is 17.2 Å². The molecule has 1 heterocycles. The number of alkyl halides is 1. The lowest BCUT2D eigenvalue weighted by molar-refractivity contribution is -0.133. The summed E-state index contributed by atoms with van der Waals surface area (Å²) in [4.78, 5) is 11.0. The van der Waals surface area contributed by atoms with Crippen LogP contribution < -0.4 is 4.74 Å². The van der Waals surface area contributed by atoms with Crippen LogP contribution in [0, 0.1) is 0 Å². The quantitative estimate of drug-likeness (QED) is 0.897. The zero-order valence-electron chi connectivity index (χ0n) is 10.3. The molecule has 0 saturated heterocycles. The molecule has 1 aromatic carbocycles. The molecule has 1 N–H and O–H groups in total. The highest BCUT2D eigenvalue weighted by Gasteiger charge is 2.27. The van der Waals surface area contributed by atoms with E-state index >= 15 is 0 Å². The van der Waals surface area contributed by atoms with Gasteiger partial charge in [0.1, 0.15) is 12.4 Å². The molecule has 0 aromatic heterocycles. The highest BCUT2D eigenvalue weighted by Crippen LogP contribution is 2.32. The fourth-order valence-electron chi connectivity index (χ4n) is 1.92. The number of carboxylic acid groups (broad SMARTS) is 1. The number of hydrogen-bond acceptors (Lipinski definition) is 2. The summed E-state index contributed by atoms with van der Waals surface area (Å²) in [5, 5.41) is 8.99. The largest absolute Gasteiger partial charge is 0.482 e. The number of aliphatic carboxylic acids is 1. The first-order valence-electron chi connectivity index (χ1n) is 5.84. The summed E-state index contributed by atoms with van der Waals surface area (Å²) in [7, 11) is 0. The second kappa shape index (κ2) is 4.80. The molecule has 0 spiro atoms. The average Bonchev–Trinajstić information content (AvgIpc) is 2.36. The number of fused-ring (bicyclic) bond motifs is 1. The Bertz CT molecular complexity index is 506. The molecule has 96 valence electrons. The molecule has 18 heavy (non-hydrogen) atoms. The van der Waals surface area contributed by atoms with E-state index < -0.39 is 18.7 Å². The van der Waals surface area contributed by atoms with Crippen molar-refractivity contribution in [2.24, 2.45) is 0 Å². The molecule has 1 unspecified atom stereocenters. The van der Waals surface area contributed by atoms with E-state index in [1.807, 2.05) is 18.2 Å². The standard InChI is InChI=1S/C14H15FO3/c1-8(2)9-3-4-10-5-11(14(16)17)13(7-15)18-12(10)6-9/h3-6,8,13H,7H2,1-2H3,(H,16,17). The van der Waals surface area contributed by atoms with Crippen LogP contribution in [0.5, 0.6) is 5.75 Å². The molecule has 0 aliphatic carbocycles. The molecular formula is C14H15FO3. The van der Waals surface area contributed by atoms with Crippen molar-refractivity contribution in [2.45, 2.75) is 25.9 Å². The van der Waals surface area contributed by atoms with Crippen molar-refractivity contribution in [1.29, 1.82) is 0 Å². The summed E-state index contributed by atoms with van der Waals surface area (Å²) in [6, 6.07) is 5.58. The predicted octanol–water partition coefficient (Wildman–Crippen LogP) is 3.01. The van der Waals surface area contributed by atoms with Crippen LogP contribution in [0.25, 0.3) is 6.08 Å². The van der Waals surface area contributed by atoms with Crippen LogP contribution in [0.1, 0.15) is 30.9 Å². The molecule has 1 aromatic rings. The van der Waals surface area contributed by atoms with Gasteiger partial charge in [0.15, 0.2) is 6.10 Å². The van der Waals surface area contributed by atoms with Crippen LogP contribution in [-0.2, 0) is 4.79 Å². The molecule has 4 heteroatoms. The van der Waals surface area contributed by atoms with Gasteiger partial charge in [-0.15, -0.1) is 0 Å². The maximum Gasteiger partial charge on any atom is 0.335 e. The highest BCUT2D eigenvalue weighted by atomic mass is 19.1. The Morgan fingerprint density at radius 3 is 2.78 bits per heavy atom. The van der Waals surface area contributed by atoms with Gasteiger partial charge in [0.2, 0.25) is 0 Å². The van der Waals surface area contributed by atoms with Crippen molar-refractivity contribution < 1.29 is 19.0 Å². The number of benzene rings is 1. The van der Waals surface area contributed by atoms with E-state index in [1.165, 1.54) is 6.08 Å². The SMILES string of the molecule is CC(C)c1ccc2c(c1)OC(CF)C(C(=O)O)=C2. The van der Waals surface area contributed by atoms with Crippen LogP contribution >= 0.6 is 0 Å². The maximum absolute atomic E-state index is 12.8. The van der Waals surface area contributed by atoms with Gasteiger partial charge in [-0.25, -0.2) is 9.18 Å². The molecule has 1 atom stereocenters. The number of carbonyl (C=O) groups is 1. The Kier molecular flexibility index (Phi) is 3.36. The molecule has 0 saturated carbocycles. The normalized spacial score (nSPS) is 18.0. The van der Waals surface area contributed by atoms with Gasteiger partial charge < -0.3 is 9.84 Å². The third kappa shape index (κ3) is 2.23. The van der Waals surface area contributed by atoms with Crippen LogP contribution in [0.4, 0.5) is 4.39 Å². The first kappa shape index (κ1) is 12.6. The molecular weight excluding hydrogens is 235 g/mol. The van der Waals surface area contributed by atoms with Gasteiger partial charge in [-0.05, 0) is 23.6 Å². The van der Waals surface area contributed by atoms with Gasteiger partial charge in [-0.3, -0.25) is 0 Å². The number of hydrogen-bond donors (Lipinski definition) is 1. The third-order valence-electron chi connectivity index (χ3n) is 3.02. The topological polar surface area (TPSA) is 46.5 Å². The van der Waals surface area contributed by atoms with Crippen molar-refractivity contribution in [3.05, 3.63) is 34.9 Å². The third-order valence-corrected chi connectivity index (χ3v) is 3.02. The molecule has 0 amide bonds. The molecule has 1 aliphatic rings. The van der Waals surface area contributed by atoms with Gasteiger partial charge in [-0.2, -0.15) is 0 Å². The van der Waals surface area contributed by atoms with Gasteiger partial charge in [0.05, 0.1) is 5.57 Å². The molecule has 3 nitrogen and oxygen atoms in total.